The standard InChI is InChI=1S/C21H30N2O3/c24-20(19-7-3-5-17-4-1-2-6-18(17)19)23-10-8-21(25,9-11-23)16-22-12-14-26-15-13-22/h1-2,4,6,19,25H,3,5,7-16H2. The van der Waals surface area contributed by atoms with E-state index in [2.05, 4.69) is 23.1 Å². The summed E-state index contributed by atoms with van der Waals surface area (Å²) in [6, 6.07) is 8.39. The molecule has 2 heterocycles. The molecule has 1 unspecified atom stereocenters. The number of ether oxygens (including phenoxy) is 1. The maximum absolute atomic E-state index is 13.1. The summed E-state index contributed by atoms with van der Waals surface area (Å²) in [5.74, 6) is 0.260. The van der Waals surface area contributed by atoms with Gasteiger partial charge < -0.3 is 14.7 Å². The number of piperidine rings is 1. The number of carbonyl (C=O) groups is 1. The lowest BCUT2D eigenvalue weighted by Gasteiger charge is -2.42. The lowest BCUT2D eigenvalue weighted by molar-refractivity contribution is -0.138. The van der Waals surface area contributed by atoms with E-state index in [1.165, 1.54) is 11.1 Å². The zero-order valence-corrected chi connectivity index (χ0v) is 15.5. The lowest BCUT2D eigenvalue weighted by Crippen LogP contribution is -2.54. The Kier molecular flexibility index (Phi) is 5.30. The molecule has 0 radical (unpaired) electrons. The molecule has 0 spiro atoms. The van der Waals surface area contributed by atoms with Gasteiger partial charge in [-0.1, -0.05) is 24.3 Å². The van der Waals surface area contributed by atoms with Gasteiger partial charge in [-0.05, 0) is 43.2 Å². The van der Waals surface area contributed by atoms with Gasteiger partial charge in [-0.25, -0.2) is 0 Å². The number of carbonyl (C=O) groups excluding carboxylic acids is 1. The smallest absolute Gasteiger partial charge is 0.230 e. The second kappa shape index (κ2) is 7.67. The number of hydrogen-bond acceptors (Lipinski definition) is 4. The van der Waals surface area contributed by atoms with Crippen molar-refractivity contribution < 1.29 is 14.6 Å². The van der Waals surface area contributed by atoms with Crippen LogP contribution in [0.5, 0.6) is 0 Å². The molecule has 0 saturated carbocycles. The number of hydrogen-bond donors (Lipinski definition) is 1. The van der Waals surface area contributed by atoms with E-state index in [0.29, 0.717) is 32.5 Å². The monoisotopic (exact) mass is 358 g/mol. The van der Waals surface area contributed by atoms with E-state index in [1.54, 1.807) is 0 Å². The molecule has 1 aromatic rings. The first-order valence-electron chi connectivity index (χ1n) is 10.0. The van der Waals surface area contributed by atoms with Gasteiger partial charge in [-0.2, -0.15) is 0 Å². The van der Waals surface area contributed by atoms with E-state index >= 15 is 0 Å². The summed E-state index contributed by atoms with van der Waals surface area (Å²) in [4.78, 5) is 17.4. The summed E-state index contributed by atoms with van der Waals surface area (Å²) in [7, 11) is 0. The van der Waals surface area contributed by atoms with E-state index < -0.39 is 5.60 Å². The van der Waals surface area contributed by atoms with Crippen molar-refractivity contribution in [2.45, 2.75) is 43.6 Å². The van der Waals surface area contributed by atoms with Crippen LogP contribution >= 0.6 is 0 Å². The fourth-order valence-corrected chi connectivity index (χ4v) is 4.71. The fraction of sp³-hybridized carbons (Fsp3) is 0.667. The second-order valence-corrected chi connectivity index (χ2v) is 8.08. The Balaban J connectivity index is 1.36. The molecule has 1 N–H and O–H groups in total. The molecule has 2 aliphatic heterocycles. The third kappa shape index (κ3) is 3.80. The van der Waals surface area contributed by atoms with Gasteiger partial charge in [-0.3, -0.25) is 9.69 Å². The van der Waals surface area contributed by atoms with Crippen LogP contribution in [-0.4, -0.2) is 72.4 Å². The van der Waals surface area contributed by atoms with E-state index in [0.717, 1.165) is 45.6 Å². The van der Waals surface area contributed by atoms with Crippen molar-refractivity contribution in [2.24, 2.45) is 0 Å². The molecule has 0 aromatic heterocycles. The van der Waals surface area contributed by atoms with Gasteiger partial charge in [0.1, 0.15) is 0 Å². The number of fused-ring (bicyclic) bond motifs is 1. The van der Waals surface area contributed by atoms with Crippen LogP contribution in [0.4, 0.5) is 0 Å². The van der Waals surface area contributed by atoms with E-state index in [1.807, 2.05) is 11.0 Å². The zero-order valence-electron chi connectivity index (χ0n) is 15.5. The summed E-state index contributed by atoms with van der Waals surface area (Å²) >= 11 is 0. The van der Waals surface area contributed by atoms with Crippen molar-refractivity contribution in [2.75, 3.05) is 45.9 Å². The highest BCUT2D eigenvalue weighted by molar-refractivity contribution is 5.84. The Morgan fingerprint density at radius 1 is 1.15 bits per heavy atom. The van der Waals surface area contributed by atoms with Gasteiger partial charge in [0.05, 0.1) is 24.7 Å². The highest BCUT2D eigenvalue weighted by Gasteiger charge is 2.38. The van der Waals surface area contributed by atoms with Crippen LogP contribution < -0.4 is 0 Å². The molecular formula is C21H30N2O3. The molecular weight excluding hydrogens is 328 g/mol. The number of benzene rings is 1. The van der Waals surface area contributed by atoms with Crippen molar-refractivity contribution in [3.8, 4) is 0 Å². The number of nitrogens with zero attached hydrogens (tertiary/aromatic N) is 2. The Morgan fingerprint density at radius 3 is 2.65 bits per heavy atom. The largest absolute Gasteiger partial charge is 0.388 e. The zero-order chi connectivity index (χ0) is 18.0. The number of rotatable bonds is 3. The SMILES string of the molecule is O=C(C1CCCc2ccccc21)N1CCC(O)(CN2CCOCC2)CC1. The van der Waals surface area contributed by atoms with E-state index in [9.17, 15) is 9.90 Å². The number of likely N-dealkylation sites (tertiary alicyclic amines) is 1. The van der Waals surface area contributed by atoms with Crippen molar-refractivity contribution in [1.29, 1.82) is 0 Å². The van der Waals surface area contributed by atoms with Crippen molar-refractivity contribution >= 4 is 5.91 Å². The highest BCUT2D eigenvalue weighted by Crippen LogP contribution is 2.34. The van der Waals surface area contributed by atoms with Crippen molar-refractivity contribution in [3.05, 3.63) is 35.4 Å². The van der Waals surface area contributed by atoms with Gasteiger partial charge in [0, 0.05) is 32.7 Å². The molecule has 4 rings (SSSR count). The average molecular weight is 358 g/mol. The third-order valence-electron chi connectivity index (χ3n) is 6.29. The van der Waals surface area contributed by atoms with Crippen LogP contribution in [0.15, 0.2) is 24.3 Å². The number of aliphatic hydroxyl groups is 1. The second-order valence-electron chi connectivity index (χ2n) is 8.08. The topological polar surface area (TPSA) is 53.0 Å². The number of β-amino-alcohol motifs (C(OH)–C–C–N with tert-alkyl or cyclic N) is 1. The van der Waals surface area contributed by atoms with Crippen LogP contribution in [0.25, 0.3) is 0 Å². The summed E-state index contributed by atoms with van der Waals surface area (Å²) < 4.78 is 5.39. The normalized spacial score (nSPS) is 26.3. The first-order chi connectivity index (χ1) is 12.6. The van der Waals surface area contributed by atoms with Gasteiger partial charge in [0.15, 0.2) is 0 Å². The molecule has 1 aromatic carbocycles. The van der Waals surface area contributed by atoms with Crippen LogP contribution in [-0.2, 0) is 16.0 Å². The minimum Gasteiger partial charge on any atom is -0.388 e. The van der Waals surface area contributed by atoms with Crippen LogP contribution in [0.2, 0.25) is 0 Å². The summed E-state index contributed by atoms with van der Waals surface area (Å²) in [6.07, 6.45) is 4.46. The van der Waals surface area contributed by atoms with Gasteiger partial charge in [-0.15, -0.1) is 0 Å². The molecule has 1 atom stereocenters. The number of amides is 1. The molecule has 142 valence electrons. The summed E-state index contributed by atoms with van der Waals surface area (Å²) in [5.41, 5.74) is 1.88. The molecule has 2 fully saturated rings. The fourth-order valence-electron chi connectivity index (χ4n) is 4.71. The quantitative estimate of drug-likeness (QED) is 0.895. The molecule has 2 saturated heterocycles. The van der Waals surface area contributed by atoms with Crippen LogP contribution in [0.1, 0.15) is 42.7 Å². The molecule has 0 bridgehead atoms. The van der Waals surface area contributed by atoms with E-state index in [-0.39, 0.29) is 11.8 Å². The maximum atomic E-state index is 13.1. The lowest BCUT2D eigenvalue weighted by atomic mass is 9.81. The minimum atomic E-state index is -0.668. The predicted molar refractivity (Wildman–Crippen MR) is 100 cm³/mol. The number of morpholine rings is 1. The molecule has 1 aliphatic carbocycles. The Bertz CT molecular complexity index is 634. The molecule has 5 nitrogen and oxygen atoms in total. The average Bonchev–Trinajstić information content (AvgIpc) is 2.68. The molecule has 3 aliphatic rings. The molecule has 5 heteroatoms. The summed E-state index contributed by atoms with van der Waals surface area (Å²) in [5, 5.41) is 11.0. The number of aryl methyl sites for hydroxylation is 1. The maximum Gasteiger partial charge on any atom is 0.230 e. The first kappa shape index (κ1) is 18.0. The van der Waals surface area contributed by atoms with Crippen LogP contribution in [0.3, 0.4) is 0 Å². The van der Waals surface area contributed by atoms with E-state index in [4.69, 9.17) is 4.74 Å². The van der Waals surface area contributed by atoms with Crippen molar-refractivity contribution in [3.63, 3.8) is 0 Å². The van der Waals surface area contributed by atoms with Gasteiger partial charge >= 0.3 is 0 Å². The predicted octanol–water partition coefficient (Wildman–Crippen LogP) is 1.79. The van der Waals surface area contributed by atoms with Crippen LogP contribution in [0, 0.1) is 0 Å². The molecule has 26 heavy (non-hydrogen) atoms. The Hall–Kier alpha value is -1.43. The van der Waals surface area contributed by atoms with Gasteiger partial charge in [0.25, 0.3) is 0 Å². The van der Waals surface area contributed by atoms with Gasteiger partial charge in [0.2, 0.25) is 5.91 Å². The highest BCUT2D eigenvalue weighted by atomic mass is 16.5. The first-order valence-corrected chi connectivity index (χ1v) is 10.0. The Morgan fingerprint density at radius 2 is 1.88 bits per heavy atom. The Labute approximate surface area is 155 Å². The summed E-state index contributed by atoms with van der Waals surface area (Å²) in [6.45, 7) is 5.32. The molecule has 1 amide bonds. The minimum absolute atomic E-state index is 0.00499. The van der Waals surface area contributed by atoms with Crippen molar-refractivity contribution in [1.82, 2.24) is 9.80 Å². The third-order valence-corrected chi connectivity index (χ3v) is 6.29.